The van der Waals surface area contributed by atoms with E-state index in [0.717, 1.165) is 0 Å². The Balaban J connectivity index is 1.45. The fourth-order valence-corrected chi connectivity index (χ4v) is 4.43. The number of amides is 1. The van der Waals surface area contributed by atoms with Gasteiger partial charge in [-0.1, -0.05) is 24.1 Å². The number of nitrogens with zero attached hydrogens (tertiary/aromatic N) is 7. The predicted molar refractivity (Wildman–Crippen MR) is 149 cm³/mol. The van der Waals surface area contributed by atoms with E-state index in [0.29, 0.717) is 27.8 Å². The summed E-state index contributed by atoms with van der Waals surface area (Å²) in [6, 6.07) is 11.8. The second-order valence-corrected chi connectivity index (χ2v) is 9.05. The topological polar surface area (TPSA) is 162 Å². The molecule has 0 aliphatic heterocycles. The molecule has 1 atom stereocenters. The number of pyridine rings is 2. The first-order valence-electron chi connectivity index (χ1n) is 12.3. The third-order valence-corrected chi connectivity index (χ3v) is 6.30. The zero-order valence-electron chi connectivity index (χ0n) is 21.5. The van der Waals surface area contributed by atoms with Gasteiger partial charge in [-0.3, -0.25) is 28.9 Å². The van der Waals surface area contributed by atoms with Gasteiger partial charge in [0.25, 0.3) is 11.5 Å². The number of anilines is 1. The molecule has 12 nitrogen and oxygen atoms in total. The molecule has 40 heavy (non-hydrogen) atoms. The van der Waals surface area contributed by atoms with E-state index in [1.54, 1.807) is 67.7 Å². The van der Waals surface area contributed by atoms with E-state index in [9.17, 15) is 9.59 Å². The lowest BCUT2D eigenvalue weighted by molar-refractivity contribution is 0.0940. The number of hydrogen-bond acceptors (Lipinski definition) is 8. The summed E-state index contributed by atoms with van der Waals surface area (Å²) in [5, 5.41) is 15.0. The van der Waals surface area contributed by atoms with Gasteiger partial charge in [-0.15, -0.1) is 0 Å². The van der Waals surface area contributed by atoms with Crippen molar-refractivity contribution in [3.63, 3.8) is 0 Å². The van der Waals surface area contributed by atoms with Crippen molar-refractivity contribution >= 4 is 33.7 Å². The number of H-pyrrole nitrogens is 1. The number of rotatable bonds is 4. The van der Waals surface area contributed by atoms with E-state index < -0.39 is 11.9 Å². The summed E-state index contributed by atoms with van der Waals surface area (Å²) in [5.74, 6) is 5.78. The lowest BCUT2D eigenvalue weighted by Crippen LogP contribution is -2.33. The summed E-state index contributed by atoms with van der Waals surface area (Å²) in [7, 11) is 1.79. The number of nitrogens with two attached hydrogens (primary N) is 1. The van der Waals surface area contributed by atoms with E-state index in [1.807, 2.05) is 18.2 Å². The average molecular weight is 531 g/mol. The monoisotopic (exact) mass is 530 g/mol. The minimum Gasteiger partial charge on any atom is -0.383 e. The molecule has 1 amide bonds. The van der Waals surface area contributed by atoms with E-state index in [1.165, 1.54) is 4.57 Å². The average Bonchev–Trinajstić information content (AvgIpc) is 3.57. The van der Waals surface area contributed by atoms with Crippen LogP contribution < -0.4 is 16.6 Å². The third kappa shape index (κ3) is 4.31. The first-order valence-corrected chi connectivity index (χ1v) is 12.3. The summed E-state index contributed by atoms with van der Waals surface area (Å²) < 4.78 is 3.08. The number of nitrogens with one attached hydrogen (secondary N) is 2. The van der Waals surface area contributed by atoms with Crippen molar-refractivity contribution < 1.29 is 4.79 Å². The van der Waals surface area contributed by atoms with Gasteiger partial charge >= 0.3 is 0 Å². The molecule has 5 aromatic heterocycles. The van der Waals surface area contributed by atoms with Gasteiger partial charge in [0.2, 0.25) is 0 Å². The molecule has 0 radical (unpaired) electrons. The zero-order valence-corrected chi connectivity index (χ0v) is 21.5. The van der Waals surface area contributed by atoms with Crippen molar-refractivity contribution in [2.45, 2.75) is 13.0 Å². The van der Waals surface area contributed by atoms with Gasteiger partial charge in [-0.2, -0.15) is 10.2 Å². The Morgan fingerprint density at radius 2 is 1.93 bits per heavy atom. The molecule has 6 aromatic rings. The van der Waals surface area contributed by atoms with Crippen LogP contribution in [0.2, 0.25) is 0 Å². The summed E-state index contributed by atoms with van der Waals surface area (Å²) in [4.78, 5) is 40.6. The highest BCUT2D eigenvalue weighted by molar-refractivity contribution is 6.09. The Hall–Kier alpha value is -5.83. The number of nitrogen functional groups attached to an aromatic ring is 1. The number of carbonyl (C=O) groups excluding carboxylic acids is 1. The van der Waals surface area contributed by atoms with Crippen LogP contribution in [0.4, 0.5) is 5.82 Å². The van der Waals surface area contributed by atoms with Crippen LogP contribution in [0.1, 0.15) is 40.4 Å². The van der Waals surface area contributed by atoms with Crippen LogP contribution in [0.25, 0.3) is 27.6 Å². The summed E-state index contributed by atoms with van der Waals surface area (Å²) in [6.45, 7) is 1.73. The van der Waals surface area contributed by atoms with Crippen LogP contribution in [0.5, 0.6) is 0 Å². The number of benzene rings is 1. The molecule has 0 fully saturated rings. The molecule has 0 spiro atoms. The van der Waals surface area contributed by atoms with Gasteiger partial charge in [-0.05, 0) is 37.1 Å². The molecular weight excluding hydrogens is 508 g/mol. The van der Waals surface area contributed by atoms with Gasteiger partial charge in [0, 0.05) is 31.0 Å². The van der Waals surface area contributed by atoms with E-state index in [-0.39, 0.29) is 33.8 Å². The number of fused-ring (bicyclic) bond motifs is 2. The normalized spacial score (nSPS) is 11.8. The number of hydrogen-bond donors (Lipinski definition) is 3. The maximum absolute atomic E-state index is 14.0. The quantitative estimate of drug-likeness (QED) is 0.292. The van der Waals surface area contributed by atoms with Crippen molar-refractivity contribution in [2.75, 3.05) is 5.73 Å². The Morgan fingerprint density at radius 1 is 1.10 bits per heavy atom. The van der Waals surface area contributed by atoms with Gasteiger partial charge in [-0.25, -0.2) is 9.97 Å². The molecule has 6 rings (SSSR count). The Kier molecular flexibility index (Phi) is 6.01. The Labute approximate surface area is 226 Å². The highest BCUT2D eigenvalue weighted by Crippen LogP contribution is 2.23. The fraction of sp³-hybridized carbons (Fsp3) is 0.107. The second-order valence-electron chi connectivity index (χ2n) is 9.05. The zero-order chi connectivity index (χ0) is 27.8. The molecule has 1 aromatic carbocycles. The van der Waals surface area contributed by atoms with E-state index in [2.05, 4.69) is 47.4 Å². The van der Waals surface area contributed by atoms with Crippen molar-refractivity contribution in [3.8, 4) is 17.5 Å². The fourth-order valence-electron chi connectivity index (χ4n) is 4.43. The Morgan fingerprint density at radius 3 is 2.70 bits per heavy atom. The first-order chi connectivity index (χ1) is 19.4. The van der Waals surface area contributed by atoms with Crippen LogP contribution in [0.3, 0.4) is 0 Å². The van der Waals surface area contributed by atoms with Crippen molar-refractivity contribution in [2.24, 2.45) is 7.05 Å². The van der Waals surface area contributed by atoms with Crippen molar-refractivity contribution in [1.82, 2.24) is 44.8 Å². The van der Waals surface area contributed by atoms with E-state index in [4.69, 9.17) is 5.73 Å². The number of carbonyl (C=O) groups is 1. The number of aromatic nitrogens is 8. The number of para-hydroxylation sites is 1. The van der Waals surface area contributed by atoms with Crippen molar-refractivity contribution in [3.05, 3.63) is 100 Å². The Bertz CT molecular complexity index is 2030. The predicted octanol–water partition coefficient (Wildman–Crippen LogP) is 2.26. The number of aromatic amines is 1. The summed E-state index contributed by atoms with van der Waals surface area (Å²) >= 11 is 0. The van der Waals surface area contributed by atoms with Crippen LogP contribution in [0.15, 0.2) is 72.0 Å². The molecule has 0 saturated carbocycles. The van der Waals surface area contributed by atoms with Gasteiger partial charge in [0.05, 0.1) is 29.0 Å². The van der Waals surface area contributed by atoms with E-state index >= 15 is 0 Å². The molecule has 12 heteroatoms. The highest BCUT2D eigenvalue weighted by Gasteiger charge is 2.24. The van der Waals surface area contributed by atoms with Crippen LogP contribution in [0, 0.1) is 11.8 Å². The molecule has 4 N–H and O–H groups in total. The van der Waals surface area contributed by atoms with Gasteiger partial charge in [0.1, 0.15) is 28.3 Å². The molecule has 1 unspecified atom stereocenters. The van der Waals surface area contributed by atoms with Gasteiger partial charge in [0.15, 0.2) is 5.65 Å². The maximum Gasteiger partial charge on any atom is 0.270 e. The third-order valence-electron chi connectivity index (χ3n) is 6.30. The van der Waals surface area contributed by atoms with Crippen LogP contribution in [-0.4, -0.2) is 45.4 Å². The van der Waals surface area contributed by atoms with Crippen LogP contribution in [-0.2, 0) is 7.05 Å². The lowest BCUT2D eigenvalue weighted by Gasteiger charge is -2.19. The molecule has 196 valence electrons. The molecule has 0 saturated heterocycles. The smallest absolute Gasteiger partial charge is 0.270 e. The van der Waals surface area contributed by atoms with Gasteiger partial charge < -0.3 is 11.1 Å². The molecule has 0 bridgehead atoms. The van der Waals surface area contributed by atoms with Crippen LogP contribution >= 0.6 is 0 Å². The summed E-state index contributed by atoms with van der Waals surface area (Å²) in [6.07, 6.45) is 6.54. The second kappa shape index (κ2) is 9.80. The standard InChI is InChI=1S/C28H22N10O2/c1-16(33-27(39)22-23-18(7-6-12-30-23)14-31-24(22)29)26-34-25-21(28(40)38(26)19-8-4-3-5-9-19)20(35-36-25)11-10-17-13-32-37(2)15-17/h3-9,12-16H,1-2H3,(H2,29,31)(H,33,39)(H,35,36). The SMILES string of the molecule is CC(NC(=O)c1c(N)ncc2cccnc12)c1nc2n[nH]c(C#Cc3cnn(C)c3)c2c(=O)n1-c1ccccc1. The molecule has 0 aliphatic carbocycles. The molecule has 0 aliphatic rings. The first kappa shape index (κ1) is 24.5. The number of aryl methyl sites for hydroxylation is 1. The maximum atomic E-state index is 14.0. The largest absolute Gasteiger partial charge is 0.383 e. The minimum atomic E-state index is -0.732. The molecule has 5 heterocycles. The van der Waals surface area contributed by atoms with Crippen molar-refractivity contribution in [1.29, 1.82) is 0 Å². The highest BCUT2D eigenvalue weighted by atomic mass is 16.2. The summed E-state index contributed by atoms with van der Waals surface area (Å²) in [5.41, 5.74) is 8.02. The minimum absolute atomic E-state index is 0.0453. The lowest BCUT2D eigenvalue weighted by atomic mass is 10.1. The molecular formula is C28H22N10O2.